The maximum absolute atomic E-state index is 12.4. The number of sulfone groups is 1. The second-order valence-electron chi connectivity index (χ2n) is 7.65. The molecule has 1 aliphatic heterocycles. The number of aromatic nitrogens is 3. The van der Waals surface area contributed by atoms with Crippen LogP contribution in [-0.2, 0) is 9.84 Å². The van der Waals surface area contributed by atoms with Gasteiger partial charge in [0.05, 0.1) is 23.7 Å². The molecule has 1 fully saturated rings. The van der Waals surface area contributed by atoms with E-state index in [9.17, 15) is 13.2 Å². The highest BCUT2D eigenvalue weighted by Crippen LogP contribution is 2.35. The van der Waals surface area contributed by atoms with Gasteiger partial charge < -0.3 is 24.8 Å². The number of anilines is 2. The smallest absolute Gasteiger partial charge is 0.407 e. The molecule has 2 N–H and O–H groups in total. The molecule has 12 heteroatoms. The number of ether oxygens (including phenoxy) is 2. The largest absolute Gasteiger partial charge is 0.489 e. The molecule has 0 unspecified atom stereocenters. The molecule has 32 heavy (non-hydrogen) atoms. The third kappa shape index (κ3) is 5.01. The minimum atomic E-state index is -3.48. The van der Waals surface area contributed by atoms with E-state index >= 15 is 0 Å². The summed E-state index contributed by atoms with van der Waals surface area (Å²) >= 11 is 0. The quantitative estimate of drug-likeness (QED) is 0.626. The zero-order valence-corrected chi connectivity index (χ0v) is 19.2. The molecule has 0 saturated carbocycles. The fourth-order valence-corrected chi connectivity index (χ4v) is 4.24. The lowest BCUT2D eigenvalue weighted by Crippen LogP contribution is -2.41. The number of nitrogens with one attached hydrogen (secondary N) is 1. The topological polar surface area (TPSA) is 144 Å². The number of likely N-dealkylation sites (tertiary alicyclic amines) is 1. The van der Waals surface area contributed by atoms with Crippen molar-refractivity contribution < 1.29 is 27.8 Å². The van der Waals surface area contributed by atoms with Gasteiger partial charge in [-0.25, -0.2) is 23.2 Å². The predicted octanol–water partition coefficient (Wildman–Crippen LogP) is 2.64. The van der Waals surface area contributed by atoms with Crippen LogP contribution in [0.5, 0.6) is 11.6 Å². The number of pyridine rings is 1. The molecule has 0 spiro atoms. The van der Waals surface area contributed by atoms with E-state index < -0.39 is 21.2 Å². The second-order valence-corrected chi connectivity index (χ2v) is 10.1. The van der Waals surface area contributed by atoms with Gasteiger partial charge in [-0.05, 0) is 32.9 Å². The summed E-state index contributed by atoms with van der Waals surface area (Å²) < 4.78 is 36.2. The van der Waals surface area contributed by atoms with E-state index in [1.54, 1.807) is 26.8 Å². The van der Waals surface area contributed by atoms with Gasteiger partial charge in [0.1, 0.15) is 12.4 Å². The molecule has 0 aliphatic carbocycles. The van der Waals surface area contributed by atoms with Crippen LogP contribution in [-0.4, -0.2) is 71.0 Å². The van der Waals surface area contributed by atoms with Crippen LogP contribution in [0.1, 0.15) is 32.4 Å². The predicted molar refractivity (Wildman–Crippen MR) is 116 cm³/mol. The van der Waals surface area contributed by atoms with Crippen molar-refractivity contribution in [2.75, 3.05) is 25.5 Å². The highest BCUT2D eigenvalue weighted by atomic mass is 32.2. The van der Waals surface area contributed by atoms with Gasteiger partial charge in [-0.1, -0.05) is 0 Å². The molecule has 174 valence electrons. The Kier molecular flexibility index (Phi) is 7.02. The van der Waals surface area contributed by atoms with Crippen molar-refractivity contribution in [1.29, 1.82) is 0 Å². The molecule has 0 aromatic carbocycles. The van der Waals surface area contributed by atoms with Crippen molar-refractivity contribution in [2.24, 2.45) is 0 Å². The number of nitrogens with zero attached hydrogens (tertiary/aromatic N) is 4. The molecule has 3 rings (SSSR count). The van der Waals surface area contributed by atoms with E-state index in [-0.39, 0.29) is 22.8 Å². The Hall–Kier alpha value is -3.15. The molecule has 2 aromatic rings. The van der Waals surface area contributed by atoms with Crippen LogP contribution in [0, 0.1) is 6.92 Å². The monoisotopic (exact) mass is 465 g/mol. The summed E-state index contributed by atoms with van der Waals surface area (Å²) in [6.45, 7) is 5.68. The fraction of sp³-hybridized carbons (Fsp3) is 0.500. The molecular weight excluding hydrogens is 438 g/mol. The molecule has 3 heterocycles. The Morgan fingerprint density at radius 3 is 2.50 bits per heavy atom. The summed E-state index contributed by atoms with van der Waals surface area (Å²) in [5.74, 6) is 0.861. The Morgan fingerprint density at radius 1 is 1.25 bits per heavy atom. The second kappa shape index (κ2) is 9.55. The summed E-state index contributed by atoms with van der Waals surface area (Å²) in [6, 6.07) is 3.08. The lowest BCUT2D eigenvalue weighted by Gasteiger charge is -2.30. The van der Waals surface area contributed by atoms with E-state index in [1.807, 2.05) is 0 Å². The van der Waals surface area contributed by atoms with Crippen molar-refractivity contribution in [1.82, 2.24) is 19.9 Å². The molecule has 0 bridgehead atoms. The average Bonchev–Trinajstić information content (AvgIpc) is 2.75. The minimum absolute atomic E-state index is 0.0157. The van der Waals surface area contributed by atoms with Gasteiger partial charge in [-0.3, -0.25) is 0 Å². The minimum Gasteiger partial charge on any atom is -0.489 e. The summed E-state index contributed by atoms with van der Waals surface area (Å²) in [6.07, 6.45) is 1.26. The van der Waals surface area contributed by atoms with Crippen LogP contribution in [0.4, 0.5) is 16.3 Å². The maximum Gasteiger partial charge on any atom is 0.407 e. The first-order valence-electron chi connectivity index (χ1n) is 10.2. The molecule has 1 saturated heterocycles. The lowest BCUT2D eigenvalue weighted by molar-refractivity contribution is 0.0852. The first kappa shape index (κ1) is 23.5. The van der Waals surface area contributed by atoms with Crippen molar-refractivity contribution in [3.8, 4) is 11.6 Å². The molecule has 2 aromatic heterocycles. The van der Waals surface area contributed by atoms with Gasteiger partial charge >= 0.3 is 6.09 Å². The average molecular weight is 466 g/mol. The van der Waals surface area contributed by atoms with Crippen LogP contribution in [0.25, 0.3) is 0 Å². The Morgan fingerprint density at radius 2 is 1.94 bits per heavy atom. The number of hydrogen-bond donors (Lipinski definition) is 2. The summed E-state index contributed by atoms with van der Waals surface area (Å²) in [5.41, 5.74) is 1.04. The van der Waals surface area contributed by atoms with Crippen LogP contribution in [0.2, 0.25) is 0 Å². The van der Waals surface area contributed by atoms with E-state index in [2.05, 4.69) is 20.3 Å². The number of carboxylic acid groups (broad SMARTS) is 1. The molecule has 1 aliphatic rings. The highest BCUT2D eigenvalue weighted by Gasteiger charge is 2.26. The van der Waals surface area contributed by atoms with Crippen molar-refractivity contribution in [3.63, 3.8) is 0 Å². The maximum atomic E-state index is 12.4. The van der Waals surface area contributed by atoms with Gasteiger partial charge in [0, 0.05) is 25.9 Å². The van der Waals surface area contributed by atoms with Gasteiger partial charge in [0.15, 0.2) is 20.7 Å². The van der Waals surface area contributed by atoms with Crippen molar-refractivity contribution >= 4 is 27.4 Å². The molecule has 11 nitrogen and oxygen atoms in total. The molecule has 1 amide bonds. The molecule has 0 atom stereocenters. The van der Waals surface area contributed by atoms with Gasteiger partial charge in [0.25, 0.3) is 5.88 Å². The number of amides is 1. The number of methoxy groups -OCH3 is 1. The Labute approximate surface area is 186 Å². The van der Waals surface area contributed by atoms with Crippen LogP contribution in [0.3, 0.4) is 0 Å². The summed E-state index contributed by atoms with van der Waals surface area (Å²) in [5, 5.41) is 11.6. The zero-order valence-electron chi connectivity index (χ0n) is 18.4. The highest BCUT2D eigenvalue weighted by molar-refractivity contribution is 7.91. The first-order valence-corrected chi connectivity index (χ1v) is 11.7. The summed E-state index contributed by atoms with van der Waals surface area (Å²) in [4.78, 5) is 25.0. The van der Waals surface area contributed by atoms with E-state index in [0.29, 0.717) is 43.1 Å². The normalized spacial score (nSPS) is 15.0. The number of rotatable bonds is 7. The number of aryl methyl sites for hydroxylation is 1. The Balaban J connectivity index is 1.79. The molecular formula is C20H27N5O6S. The van der Waals surface area contributed by atoms with Crippen molar-refractivity contribution in [2.45, 2.75) is 50.0 Å². The van der Waals surface area contributed by atoms with E-state index in [4.69, 9.17) is 14.6 Å². The standard InChI is InChI=1S/C20H27N5O6S/c1-12(2)32(28,29)16-6-5-15(13(3)23-16)24-18-17(30-4)19(22-11-21-18)31-14-7-9-25(10-8-14)20(26)27/h5-6,11-12,14H,7-10H2,1-4H3,(H,26,27)(H,21,22,24). The third-order valence-corrected chi connectivity index (χ3v) is 7.24. The van der Waals surface area contributed by atoms with Crippen LogP contribution >= 0.6 is 0 Å². The first-order chi connectivity index (χ1) is 15.1. The van der Waals surface area contributed by atoms with Gasteiger partial charge in [-0.15, -0.1) is 0 Å². The lowest BCUT2D eigenvalue weighted by atomic mass is 10.1. The number of piperidine rings is 1. The zero-order chi connectivity index (χ0) is 23.5. The van der Waals surface area contributed by atoms with Crippen LogP contribution < -0.4 is 14.8 Å². The third-order valence-electron chi connectivity index (χ3n) is 5.19. The van der Waals surface area contributed by atoms with Crippen LogP contribution in [0.15, 0.2) is 23.5 Å². The van der Waals surface area contributed by atoms with Gasteiger partial charge in [0.2, 0.25) is 5.75 Å². The number of carbonyl (C=O) groups is 1. The Bertz CT molecular complexity index is 1080. The fourth-order valence-electron chi connectivity index (χ4n) is 3.23. The SMILES string of the molecule is COc1c(Nc2ccc(S(=O)(=O)C(C)C)nc2C)ncnc1OC1CCN(C(=O)O)CC1. The van der Waals surface area contributed by atoms with Crippen molar-refractivity contribution in [3.05, 3.63) is 24.2 Å². The number of hydrogen-bond acceptors (Lipinski definition) is 9. The summed E-state index contributed by atoms with van der Waals surface area (Å²) in [7, 11) is -2.02. The van der Waals surface area contributed by atoms with Gasteiger partial charge in [-0.2, -0.15) is 4.98 Å². The molecule has 0 radical (unpaired) electrons. The van der Waals surface area contributed by atoms with E-state index in [1.165, 1.54) is 24.4 Å². The van der Waals surface area contributed by atoms with E-state index in [0.717, 1.165) is 0 Å².